The molecular weight excluding hydrogens is 408 g/mol. The first-order valence-electron chi connectivity index (χ1n) is 10.2. The van der Waals surface area contributed by atoms with Gasteiger partial charge in [0.05, 0.1) is 7.11 Å². The molecule has 0 fully saturated rings. The zero-order valence-electron chi connectivity index (χ0n) is 19.1. The van der Waals surface area contributed by atoms with E-state index in [1.165, 1.54) is 37.5 Å². The Morgan fingerprint density at radius 1 is 0.875 bits per heavy atom. The van der Waals surface area contributed by atoms with Crippen LogP contribution in [-0.4, -0.2) is 33.3 Å². The van der Waals surface area contributed by atoms with Crippen LogP contribution >= 0.6 is 0 Å². The van der Waals surface area contributed by atoms with E-state index in [0.29, 0.717) is 35.3 Å². The lowest BCUT2D eigenvalue weighted by Gasteiger charge is -2.19. The molecule has 2 aromatic rings. The van der Waals surface area contributed by atoms with Gasteiger partial charge in [-0.15, -0.1) is 0 Å². The van der Waals surface area contributed by atoms with Crippen LogP contribution in [0.15, 0.2) is 47.6 Å². The highest BCUT2D eigenvalue weighted by Crippen LogP contribution is 2.44. The highest BCUT2D eigenvalue weighted by atomic mass is 16.5. The van der Waals surface area contributed by atoms with Crippen molar-refractivity contribution in [2.75, 3.05) is 7.11 Å². The first kappa shape index (κ1) is 24.6. The molecule has 0 bridgehead atoms. The number of carbonyl (C=O) groups is 1. The lowest BCUT2D eigenvalue weighted by molar-refractivity contribution is 0.104. The maximum atomic E-state index is 13.0. The Labute approximate surface area is 188 Å². The van der Waals surface area contributed by atoms with E-state index < -0.39 is 5.78 Å². The second-order valence-electron chi connectivity index (χ2n) is 7.98. The van der Waals surface area contributed by atoms with Gasteiger partial charge >= 0.3 is 0 Å². The topological polar surface area (TPSA) is 107 Å². The quantitative estimate of drug-likeness (QED) is 0.189. The molecule has 170 valence electrons. The van der Waals surface area contributed by atoms with Gasteiger partial charge in [-0.3, -0.25) is 4.79 Å². The van der Waals surface area contributed by atoms with Gasteiger partial charge in [0.2, 0.25) is 0 Å². The maximum absolute atomic E-state index is 13.0. The Hall–Kier alpha value is -3.67. The van der Waals surface area contributed by atoms with Gasteiger partial charge in [0.15, 0.2) is 17.3 Å². The maximum Gasteiger partial charge on any atom is 0.193 e. The van der Waals surface area contributed by atoms with Crippen LogP contribution in [0.3, 0.4) is 0 Å². The molecule has 6 nitrogen and oxygen atoms in total. The summed E-state index contributed by atoms with van der Waals surface area (Å²) in [6, 6.07) is 4.12. The summed E-state index contributed by atoms with van der Waals surface area (Å²) in [7, 11) is 1.46. The summed E-state index contributed by atoms with van der Waals surface area (Å²) in [5.74, 6) is -1.51. The van der Waals surface area contributed by atoms with Gasteiger partial charge in [0, 0.05) is 11.1 Å². The Bertz CT molecular complexity index is 1050. The van der Waals surface area contributed by atoms with E-state index in [4.69, 9.17) is 4.74 Å². The van der Waals surface area contributed by atoms with E-state index in [1.807, 2.05) is 39.8 Å². The number of aromatic hydroxyl groups is 4. The second-order valence-corrected chi connectivity index (χ2v) is 7.98. The summed E-state index contributed by atoms with van der Waals surface area (Å²) in [6.07, 6.45) is 7.09. The normalized spacial score (nSPS) is 10.8. The molecular formula is C26H30O6. The lowest BCUT2D eigenvalue weighted by atomic mass is 9.93. The minimum atomic E-state index is -0.605. The Balaban J connectivity index is 2.64. The average molecular weight is 439 g/mol. The molecule has 0 saturated carbocycles. The van der Waals surface area contributed by atoms with Crippen molar-refractivity contribution in [2.24, 2.45) is 0 Å². The van der Waals surface area contributed by atoms with Crippen molar-refractivity contribution in [1.82, 2.24) is 0 Å². The molecule has 2 aromatic carbocycles. The number of hydrogen-bond acceptors (Lipinski definition) is 6. The predicted octanol–water partition coefficient (Wildman–Crippen LogP) is 5.43. The number of phenolic OH excluding ortho intramolecular Hbond substituents is 4. The highest BCUT2D eigenvalue weighted by molar-refractivity contribution is 6.11. The van der Waals surface area contributed by atoms with Crippen LogP contribution in [0.4, 0.5) is 0 Å². The SMILES string of the molecule is COc1c(CC=C(C)C)c(O)c(C(=O)/C=C/c2ccc(O)c(O)c2)c(O)c1CC=C(C)C. The molecule has 6 heteroatoms. The number of phenols is 4. The van der Waals surface area contributed by atoms with Gasteiger partial charge in [0.25, 0.3) is 0 Å². The molecule has 0 aliphatic rings. The van der Waals surface area contributed by atoms with Crippen molar-refractivity contribution in [2.45, 2.75) is 40.5 Å². The van der Waals surface area contributed by atoms with Crippen LogP contribution in [0.2, 0.25) is 0 Å². The standard InChI is InChI=1S/C26H30O6/c1-15(2)6-10-18-24(30)23(25(31)19(26(18)32-5)11-7-16(3)4)21(28)13-9-17-8-12-20(27)22(29)14-17/h6-9,12-14,27,29-31H,10-11H2,1-5H3/b13-9+. The number of hydrogen-bond donors (Lipinski definition) is 4. The minimum absolute atomic E-state index is 0.209. The molecule has 0 aliphatic heterocycles. The second kappa shape index (κ2) is 10.6. The van der Waals surface area contributed by atoms with Crippen LogP contribution in [0.1, 0.15) is 54.7 Å². The number of methoxy groups -OCH3 is 1. The molecule has 0 radical (unpaired) electrons. The molecule has 0 unspecified atom stereocenters. The molecule has 0 heterocycles. The van der Waals surface area contributed by atoms with Crippen molar-refractivity contribution in [3.8, 4) is 28.7 Å². The summed E-state index contributed by atoms with van der Waals surface area (Å²) >= 11 is 0. The lowest BCUT2D eigenvalue weighted by Crippen LogP contribution is -2.05. The van der Waals surface area contributed by atoms with E-state index in [9.17, 15) is 25.2 Å². The fraction of sp³-hybridized carbons (Fsp3) is 0.269. The third kappa shape index (κ3) is 5.72. The van der Waals surface area contributed by atoms with E-state index in [1.54, 1.807) is 0 Å². The monoisotopic (exact) mass is 438 g/mol. The summed E-state index contributed by atoms with van der Waals surface area (Å²) in [4.78, 5) is 13.0. The largest absolute Gasteiger partial charge is 0.507 e. The Morgan fingerprint density at radius 3 is 1.84 bits per heavy atom. The van der Waals surface area contributed by atoms with E-state index in [2.05, 4.69) is 0 Å². The fourth-order valence-corrected chi connectivity index (χ4v) is 3.18. The molecule has 4 N–H and O–H groups in total. The van der Waals surface area contributed by atoms with Gasteiger partial charge in [-0.2, -0.15) is 0 Å². The van der Waals surface area contributed by atoms with Crippen molar-refractivity contribution in [3.63, 3.8) is 0 Å². The third-order valence-corrected chi connectivity index (χ3v) is 4.90. The molecule has 0 aliphatic carbocycles. The molecule has 0 saturated heterocycles. The first-order chi connectivity index (χ1) is 15.1. The summed E-state index contributed by atoms with van der Waals surface area (Å²) < 4.78 is 5.53. The zero-order valence-corrected chi connectivity index (χ0v) is 19.1. The van der Waals surface area contributed by atoms with Crippen LogP contribution in [0.25, 0.3) is 6.08 Å². The number of benzene rings is 2. The first-order valence-corrected chi connectivity index (χ1v) is 10.2. The number of ketones is 1. The van der Waals surface area contributed by atoms with Crippen molar-refractivity contribution < 1.29 is 30.0 Å². The van der Waals surface area contributed by atoms with Crippen LogP contribution < -0.4 is 4.74 Å². The van der Waals surface area contributed by atoms with Gasteiger partial charge in [-0.05, 0) is 64.3 Å². The molecule has 0 aromatic heterocycles. The third-order valence-electron chi connectivity index (χ3n) is 4.90. The number of rotatable bonds is 8. The van der Waals surface area contributed by atoms with E-state index in [-0.39, 0.29) is 28.6 Å². The van der Waals surface area contributed by atoms with Crippen molar-refractivity contribution in [3.05, 3.63) is 69.8 Å². The van der Waals surface area contributed by atoms with Crippen molar-refractivity contribution >= 4 is 11.9 Å². The molecule has 0 spiro atoms. The Morgan fingerprint density at radius 2 is 1.41 bits per heavy atom. The van der Waals surface area contributed by atoms with E-state index >= 15 is 0 Å². The van der Waals surface area contributed by atoms with Gasteiger partial charge < -0.3 is 25.2 Å². The number of carbonyl (C=O) groups excluding carboxylic acids is 1. The van der Waals surface area contributed by atoms with Crippen LogP contribution in [0.5, 0.6) is 28.7 Å². The predicted molar refractivity (Wildman–Crippen MR) is 126 cm³/mol. The molecule has 0 amide bonds. The highest BCUT2D eigenvalue weighted by Gasteiger charge is 2.26. The Kier molecular flexibility index (Phi) is 8.13. The molecule has 32 heavy (non-hydrogen) atoms. The minimum Gasteiger partial charge on any atom is -0.507 e. The fourth-order valence-electron chi connectivity index (χ4n) is 3.18. The number of ether oxygens (including phenoxy) is 1. The average Bonchev–Trinajstić information content (AvgIpc) is 2.72. The van der Waals surface area contributed by atoms with Crippen LogP contribution in [-0.2, 0) is 12.8 Å². The van der Waals surface area contributed by atoms with Crippen LogP contribution in [0, 0.1) is 0 Å². The van der Waals surface area contributed by atoms with Gasteiger partial charge in [-0.1, -0.05) is 35.4 Å². The van der Waals surface area contributed by atoms with E-state index in [0.717, 1.165) is 11.1 Å². The van der Waals surface area contributed by atoms with Gasteiger partial charge in [-0.25, -0.2) is 0 Å². The van der Waals surface area contributed by atoms with Gasteiger partial charge in [0.1, 0.15) is 22.8 Å². The van der Waals surface area contributed by atoms with Crippen molar-refractivity contribution in [1.29, 1.82) is 0 Å². The smallest absolute Gasteiger partial charge is 0.193 e. The summed E-state index contributed by atoms with van der Waals surface area (Å²) in [6.45, 7) is 7.71. The summed E-state index contributed by atoms with van der Waals surface area (Å²) in [5, 5.41) is 40.9. The molecule has 0 atom stereocenters. The summed E-state index contributed by atoms with van der Waals surface area (Å²) in [5.41, 5.74) is 3.16. The molecule has 2 rings (SSSR count). The number of allylic oxidation sites excluding steroid dienone is 5. The zero-order chi connectivity index (χ0) is 24.0.